The molecule has 0 saturated carbocycles. The van der Waals surface area contributed by atoms with Crippen LogP contribution in [0.2, 0.25) is 0 Å². The molecule has 1 aromatic carbocycles. The van der Waals surface area contributed by atoms with E-state index in [9.17, 15) is 0 Å². The molecule has 0 spiro atoms. The zero-order valence-electron chi connectivity index (χ0n) is 17.3. The number of fused-ring (bicyclic) bond motifs is 1. The van der Waals surface area contributed by atoms with E-state index < -0.39 is 0 Å². The highest BCUT2D eigenvalue weighted by Gasteiger charge is 2.21. The van der Waals surface area contributed by atoms with Gasteiger partial charge in [-0.15, -0.1) is 34.2 Å². The van der Waals surface area contributed by atoms with E-state index in [1.165, 1.54) is 0 Å². The highest BCUT2D eigenvalue weighted by molar-refractivity contribution is 14.0. The van der Waals surface area contributed by atoms with Crippen molar-refractivity contribution >= 4 is 41.7 Å². The summed E-state index contributed by atoms with van der Waals surface area (Å²) in [6.07, 6.45) is 4.65. The van der Waals surface area contributed by atoms with Crippen LogP contribution in [0.3, 0.4) is 0 Å². The van der Waals surface area contributed by atoms with Crippen LogP contribution >= 0.6 is 35.7 Å². The minimum absolute atomic E-state index is 0. The van der Waals surface area contributed by atoms with Crippen LogP contribution in [0.15, 0.2) is 34.4 Å². The molecule has 0 saturated heterocycles. The number of aromatic nitrogens is 3. The first-order valence-corrected chi connectivity index (χ1v) is 11.0. The molecular weight excluding hydrogens is 499 g/mol. The fraction of sp³-hybridized carbons (Fsp3) is 0.550. The molecule has 0 bridgehead atoms. The van der Waals surface area contributed by atoms with E-state index in [4.69, 9.17) is 10.5 Å². The van der Waals surface area contributed by atoms with Crippen LogP contribution in [0, 0.1) is 5.92 Å². The predicted molar refractivity (Wildman–Crippen MR) is 129 cm³/mol. The highest BCUT2D eigenvalue weighted by Crippen LogP contribution is 2.31. The summed E-state index contributed by atoms with van der Waals surface area (Å²) >= 11 is 1.64. The second kappa shape index (κ2) is 11.6. The number of hydrogen-bond acceptors (Lipinski definition) is 5. The molecule has 7 nitrogen and oxygen atoms in total. The van der Waals surface area contributed by atoms with Gasteiger partial charge in [0.05, 0.1) is 12.6 Å². The molecule has 2 heterocycles. The number of thioether (sulfide) groups is 1. The van der Waals surface area contributed by atoms with Crippen LogP contribution in [0.25, 0.3) is 0 Å². The number of nitrogens with two attached hydrogens (primary N) is 1. The number of nitrogens with one attached hydrogen (secondary N) is 1. The third kappa shape index (κ3) is 6.50. The van der Waals surface area contributed by atoms with Gasteiger partial charge in [0.15, 0.2) is 11.1 Å². The third-order valence-corrected chi connectivity index (χ3v) is 5.31. The molecule has 9 heteroatoms. The first-order valence-electron chi connectivity index (χ1n) is 9.82. The Labute approximate surface area is 194 Å². The maximum absolute atomic E-state index is 6.12. The molecule has 0 aliphatic carbocycles. The SMILES string of the molecule is CSc1nnc(CCCN=C(N)NC2CCOc3ccccc32)n1CC(C)C.I. The van der Waals surface area contributed by atoms with Crippen LogP contribution in [-0.2, 0) is 13.0 Å². The number of aryl methyl sites for hydroxylation is 1. The van der Waals surface area contributed by atoms with Crippen LogP contribution in [0.5, 0.6) is 5.75 Å². The summed E-state index contributed by atoms with van der Waals surface area (Å²) in [5.41, 5.74) is 7.26. The van der Waals surface area contributed by atoms with Crippen molar-refractivity contribution in [3.8, 4) is 5.75 Å². The van der Waals surface area contributed by atoms with Gasteiger partial charge in [-0.2, -0.15) is 0 Å². The van der Waals surface area contributed by atoms with Gasteiger partial charge in [0.2, 0.25) is 0 Å². The molecule has 0 radical (unpaired) electrons. The number of benzene rings is 1. The lowest BCUT2D eigenvalue weighted by molar-refractivity contribution is 0.262. The van der Waals surface area contributed by atoms with Gasteiger partial charge in [-0.1, -0.05) is 43.8 Å². The number of ether oxygens (including phenoxy) is 1. The Bertz CT molecular complexity index is 810. The largest absolute Gasteiger partial charge is 0.493 e. The van der Waals surface area contributed by atoms with Crippen molar-refractivity contribution in [1.82, 2.24) is 20.1 Å². The molecule has 2 aromatic rings. The van der Waals surface area contributed by atoms with E-state index in [1.807, 2.05) is 24.5 Å². The molecule has 1 unspecified atom stereocenters. The topological polar surface area (TPSA) is 90.3 Å². The fourth-order valence-electron chi connectivity index (χ4n) is 3.36. The molecule has 29 heavy (non-hydrogen) atoms. The Hall–Kier alpha value is -1.49. The molecule has 0 fully saturated rings. The van der Waals surface area contributed by atoms with Gasteiger partial charge >= 0.3 is 0 Å². The number of halogens is 1. The van der Waals surface area contributed by atoms with E-state index in [-0.39, 0.29) is 30.0 Å². The minimum atomic E-state index is 0. The van der Waals surface area contributed by atoms with Crippen molar-refractivity contribution in [3.05, 3.63) is 35.7 Å². The predicted octanol–water partition coefficient (Wildman–Crippen LogP) is 3.63. The van der Waals surface area contributed by atoms with Crippen molar-refractivity contribution in [1.29, 1.82) is 0 Å². The molecular formula is C20H31IN6OS. The number of aliphatic imine (C=N–C) groups is 1. The van der Waals surface area contributed by atoms with E-state index in [0.29, 0.717) is 25.0 Å². The van der Waals surface area contributed by atoms with Crippen molar-refractivity contribution in [3.63, 3.8) is 0 Å². The van der Waals surface area contributed by atoms with Gasteiger partial charge in [-0.05, 0) is 24.7 Å². The maximum atomic E-state index is 6.12. The summed E-state index contributed by atoms with van der Waals surface area (Å²) < 4.78 is 7.92. The van der Waals surface area contributed by atoms with E-state index in [2.05, 4.69) is 45.0 Å². The average molecular weight is 530 g/mol. The summed E-state index contributed by atoms with van der Waals surface area (Å²) in [5, 5.41) is 13.0. The summed E-state index contributed by atoms with van der Waals surface area (Å²) in [6.45, 7) is 6.70. The minimum Gasteiger partial charge on any atom is -0.493 e. The number of hydrogen-bond donors (Lipinski definition) is 2. The first-order chi connectivity index (χ1) is 13.6. The van der Waals surface area contributed by atoms with Gasteiger partial charge in [-0.3, -0.25) is 4.99 Å². The Morgan fingerprint density at radius 1 is 1.38 bits per heavy atom. The van der Waals surface area contributed by atoms with Crippen LogP contribution < -0.4 is 15.8 Å². The molecule has 160 valence electrons. The Morgan fingerprint density at radius 3 is 2.93 bits per heavy atom. The number of guanidine groups is 1. The van der Waals surface area contributed by atoms with Crippen molar-refractivity contribution in [2.45, 2.75) is 50.9 Å². The number of nitrogens with zero attached hydrogens (tertiary/aromatic N) is 4. The van der Waals surface area contributed by atoms with Crippen molar-refractivity contribution in [2.75, 3.05) is 19.4 Å². The van der Waals surface area contributed by atoms with Crippen molar-refractivity contribution < 1.29 is 4.74 Å². The zero-order chi connectivity index (χ0) is 19.9. The van der Waals surface area contributed by atoms with Gasteiger partial charge in [0.1, 0.15) is 11.6 Å². The maximum Gasteiger partial charge on any atom is 0.190 e. The molecule has 1 aliphatic heterocycles. The molecule has 3 N–H and O–H groups in total. The summed E-state index contributed by atoms with van der Waals surface area (Å²) in [4.78, 5) is 4.50. The summed E-state index contributed by atoms with van der Waals surface area (Å²) in [7, 11) is 0. The normalized spacial score (nSPS) is 16.1. The fourth-order valence-corrected chi connectivity index (χ4v) is 3.88. The van der Waals surface area contributed by atoms with E-state index in [0.717, 1.165) is 48.1 Å². The smallest absolute Gasteiger partial charge is 0.190 e. The first kappa shape index (κ1) is 23.8. The molecule has 1 aliphatic rings. The standard InChI is InChI=1S/C20H30N6OS.HI/c1-14(2)13-26-18(24-25-20(26)28-3)9-6-11-22-19(21)23-16-10-12-27-17-8-5-4-7-15(16)17;/h4-5,7-8,14,16H,6,9-13H2,1-3H3,(H3,21,22,23);1H. The molecule has 0 amide bonds. The third-order valence-electron chi connectivity index (χ3n) is 4.65. The van der Waals surface area contributed by atoms with Gasteiger partial charge in [0, 0.05) is 31.5 Å². The van der Waals surface area contributed by atoms with Crippen LogP contribution in [0.4, 0.5) is 0 Å². The lowest BCUT2D eigenvalue weighted by atomic mass is 10.0. The average Bonchev–Trinajstić information content (AvgIpc) is 3.06. The van der Waals surface area contributed by atoms with Crippen LogP contribution in [-0.4, -0.2) is 40.1 Å². The van der Waals surface area contributed by atoms with Gasteiger partial charge < -0.3 is 20.4 Å². The second-order valence-corrected chi connectivity index (χ2v) is 8.12. The molecule has 1 atom stereocenters. The quantitative estimate of drug-likeness (QED) is 0.178. The van der Waals surface area contributed by atoms with E-state index >= 15 is 0 Å². The lowest BCUT2D eigenvalue weighted by Crippen LogP contribution is -2.37. The lowest BCUT2D eigenvalue weighted by Gasteiger charge is -2.26. The number of para-hydroxylation sites is 1. The summed E-state index contributed by atoms with van der Waals surface area (Å²) in [6, 6.07) is 8.22. The molecule has 3 rings (SSSR count). The van der Waals surface area contributed by atoms with E-state index in [1.54, 1.807) is 11.8 Å². The van der Waals surface area contributed by atoms with Crippen LogP contribution in [0.1, 0.15) is 44.1 Å². The Morgan fingerprint density at radius 2 is 2.17 bits per heavy atom. The Kier molecular flexibility index (Phi) is 9.54. The molecule has 1 aromatic heterocycles. The second-order valence-electron chi connectivity index (χ2n) is 7.35. The Balaban J connectivity index is 0.00000300. The summed E-state index contributed by atoms with van der Waals surface area (Å²) in [5.74, 6) is 2.99. The van der Waals surface area contributed by atoms with Crippen molar-refractivity contribution in [2.24, 2.45) is 16.6 Å². The van der Waals surface area contributed by atoms with Gasteiger partial charge in [-0.25, -0.2) is 0 Å². The zero-order valence-corrected chi connectivity index (χ0v) is 20.4. The van der Waals surface area contributed by atoms with Gasteiger partial charge in [0.25, 0.3) is 0 Å². The monoisotopic (exact) mass is 530 g/mol. The highest BCUT2D eigenvalue weighted by atomic mass is 127. The number of rotatable bonds is 8.